The highest BCUT2D eigenvalue weighted by Crippen LogP contribution is 2.30. The second kappa shape index (κ2) is 8.32. The normalized spacial score (nSPS) is 16.7. The summed E-state index contributed by atoms with van der Waals surface area (Å²) in [5.74, 6) is 1.86. The van der Waals surface area contributed by atoms with Gasteiger partial charge in [0.15, 0.2) is 17.6 Å². The van der Waals surface area contributed by atoms with E-state index in [1.807, 2.05) is 44.2 Å². The van der Waals surface area contributed by atoms with Crippen LogP contribution >= 0.6 is 11.6 Å². The minimum Gasteiger partial charge on any atom is -0.486 e. The first-order valence-corrected chi connectivity index (χ1v) is 9.03. The summed E-state index contributed by atoms with van der Waals surface area (Å²) in [4.78, 5) is 12.5. The lowest BCUT2D eigenvalue weighted by Gasteiger charge is -2.27. The van der Waals surface area contributed by atoms with Gasteiger partial charge in [-0.1, -0.05) is 30.7 Å². The van der Waals surface area contributed by atoms with E-state index in [1.165, 1.54) is 0 Å². The number of carbonyl (C=O) groups excluding carboxylic acids is 1. The van der Waals surface area contributed by atoms with Gasteiger partial charge in [-0.05, 0) is 49.2 Å². The summed E-state index contributed by atoms with van der Waals surface area (Å²) in [6.07, 6.45) is -0.255. The van der Waals surface area contributed by atoms with E-state index in [-0.39, 0.29) is 12.0 Å². The molecule has 0 bridgehead atoms. The highest BCUT2D eigenvalue weighted by molar-refractivity contribution is 6.31. The van der Waals surface area contributed by atoms with Crippen molar-refractivity contribution in [3.8, 4) is 17.2 Å². The number of hydrogen-bond acceptors (Lipinski definition) is 4. The third-order valence-corrected chi connectivity index (χ3v) is 4.57. The van der Waals surface area contributed by atoms with E-state index < -0.39 is 6.10 Å². The zero-order valence-corrected chi connectivity index (χ0v) is 15.6. The van der Waals surface area contributed by atoms with Crippen molar-refractivity contribution in [1.82, 2.24) is 5.32 Å². The number of halogens is 1. The van der Waals surface area contributed by atoms with Crippen molar-refractivity contribution < 1.29 is 19.0 Å². The van der Waals surface area contributed by atoms with Crippen LogP contribution in [0.1, 0.15) is 18.9 Å². The largest absolute Gasteiger partial charge is 0.486 e. The number of para-hydroxylation sites is 2. The van der Waals surface area contributed by atoms with Crippen LogP contribution in [0.15, 0.2) is 42.5 Å². The van der Waals surface area contributed by atoms with Crippen LogP contribution in [0.4, 0.5) is 0 Å². The summed E-state index contributed by atoms with van der Waals surface area (Å²) in [7, 11) is 0. The lowest BCUT2D eigenvalue weighted by Crippen LogP contribution is -2.45. The molecule has 0 aliphatic carbocycles. The smallest absolute Gasteiger partial charge is 0.261 e. The van der Waals surface area contributed by atoms with Gasteiger partial charge < -0.3 is 19.5 Å². The van der Waals surface area contributed by atoms with Gasteiger partial charge in [-0.2, -0.15) is 0 Å². The second-order valence-corrected chi connectivity index (χ2v) is 6.58. The Hall–Kier alpha value is -2.40. The summed E-state index contributed by atoms with van der Waals surface area (Å²) in [5.41, 5.74) is 0.908. The van der Waals surface area contributed by atoms with Crippen molar-refractivity contribution >= 4 is 17.5 Å². The van der Waals surface area contributed by atoms with Crippen LogP contribution in [-0.4, -0.2) is 31.3 Å². The maximum atomic E-state index is 12.5. The molecule has 26 heavy (non-hydrogen) atoms. The number of ether oxygens (including phenoxy) is 3. The van der Waals surface area contributed by atoms with E-state index in [1.54, 1.807) is 12.1 Å². The topological polar surface area (TPSA) is 56.8 Å². The molecule has 138 valence electrons. The predicted molar refractivity (Wildman–Crippen MR) is 100 cm³/mol. The molecule has 1 aliphatic heterocycles. The number of hydrogen-bond donors (Lipinski definition) is 1. The fourth-order valence-electron chi connectivity index (χ4n) is 2.67. The van der Waals surface area contributed by atoms with E-state index >= 15 is 0 Å². The van der Waals surface area contributed by atoms with Gasteiger partial charge in [-0.15, -0.1) is 0 Å². The van der Waals surface area contributed by atoms with Gasteiger partial charge in [0.05, 0.1) is 6.54 Å². The zero-order chi connectivity index (χ0) is 18.5. The van der Waals surface area contributed by atoms with Crippen molar-refractivity contribution in [3.05, 3.63) is 53.1 Å². The maximum absolute atomic E-state index is 12.5. The molecule has 0 spiro atoms. The predicted octanol–water partition coefficient (Wildman–Crippen LogP) is 3.76. The molecule has 5 nitrogen and oxygen atoms in total. The third kappa shape index (κ3) is 4.41. The van der Waals surface area contributed by atoms with Crippen LogP contribution in [0.3, 0.4) is 0 Å². The minimum atomic E-state index is -0.577. The summed E-state index contributed by atoms with van der Waals surface area (Å²) in [5, 5.41) is 3.56. The number of nitrogens with one attached hydrogen (secondary N) is 1. The fraction of sp³-hybridized carbons (Fsp3) is 0.350. The van der Waals surface area contributed by atoms with Gasteiger partial charge >= 0.3 is 0 Å². The molecule has 0 radical (unpaired) electrons. The van der Waals surface area contributed by atoms with Crippen molar-refractivity contribution in [1.29, 1.82) is 0 Å². The average Bonchev–Trinajstić information content (AvgIpc) is 2.66. The molecule has 0 saturated heterocycles. The summed E-state index contributed by atoms with van der Waals surface area (Å²) >= 11 is 6.02. The molecule has 1 aliphatic rings. The van der Waals surface area contributed by atoms with Gasteiger partial charge in [-0.3, -0.25) is 4.79 Å². The van der Waals surface area contributed by atoms with E-state index in [0.717, 1.165) is 11.3 Å². The van der Waals surface area contributed by atoms with E-state index in [4.69, 9.17) is 25.8 Å². The van der Waals surface area contributed by atoms with Gasteiger partial charge in [0.2, 0.25) is 0 Å². The molecule has 2 atom stereocenters. The van der Waals surface area contributed by atoms with E-state index in [9.17, 15) is 4.79 Å². The van der Waals surface area contributed by atoms with E-state index in [2.05, 4.69) is 5.32 Å². The number of rotatable bonds is 6. The Balaban J connectivity index is 1.54. The van der Waals surface area contributed by atoms with Crippen LogP contribution in [0, 0.1) is 6.92 Å². The fourth-order valence-corrected chi connectivity index (χ4v) is 2.79. The van der Waals surface area contributed by atoms with Crippen molar-refractivity contribution in [2.75, 3.05) is 13.2 Å². The molecule has 1 amide bonds. The lowest BCUT2D eigenvalue weighted by molar-refractivity contribution is -0.128. The average molecular weight is 376 g/mol. The quantitative estimate of drug-likeness (QED) is 0.835. The molecule has 0 fully saturated rings. The molecular formula is C20H22ClNO4. The standard InChI is InChI=1S/C20H22ClNO4/c1-3-17(25-14-8-9-16(21)13(2)10-14)20(23)22-11-15-12-24-18-6-4-5-7-19(18)26-15/h4-10,15,17H,3,11-12H2,1-2H3,(H,22,23)/t15-,17+/m0/s1. The first kappa shape index (κ1) is 18.4. The summed E-state index contributed by atoms with van der Waals surface area (Å²) in [6.45, 7) is 4.55. The highest BCUT2D eigenvalue weighted by atomic mass is 35.5. The number of amides is 1. The molecule has 0 aromatic heterocycles. The first-order valence-electron chi connectivity index (χ1n) is 8.66. The minimum absolute atomic E-state index is 0.178. The molecular weight excluding hydrogens is 354 g/mol. The molecule has 6 heteroatoms. The van der Waals surface area contributed by atoms with Gasteiger partial charge in [0.25, 0.3) is 5.91 Å². The first-order chi connectivity index (χ1) is 12.6. The SMILES string of the molecule is CC[C@@H](Oc1ccc(Cl)c(C)c1)C(=O)NC[C@H]1COc2ccccc2O1. The van der Waals surface area contributed by atoms with E-state index in [0.29, 0.717) is 36.1 Å². The van der Waals surface area contributed by atoms with Crippen LogP contribution < -0.4 is 19.5 Å². The maximum Gasteiger partial charge on any atom is 0.261 e. The van der Waals surface area contributed by atoms with Gasteiger partial charge in [-0.25, -0.2) is 0 Å². The second-order valence-electron chi connectivity index (χ2n) is 6.17. The number of aryl methyl sites for hydroxylation is 1. The Kier molecular flexibility index (Phi) is 5.89. The molecule has 3 rings (SSSR count). The summed E-state index contributed by atoms with van der Waals surface area (Å²) in [6, 6.07) is 12.8. The van der Waals surface area contributed by atoms with Crippen molar-refractivity contribution in [2.24, 2.45) is 0 Å². The van der Waals surface area contributed by atoms with Crippen LogP contribution in [0.5, 0.6) is 17.2 Å². The molecule has 0 saturated carbocycles. The van der Waals surface area contributed by atoms with Crippen LogP contribution in [0.25, 0.3) is 0 Å². The number of fused-ring (bicyclic) bond motifs is 1. The Morgan fingerprint density at radius 1 is 1.31 bits per heavy atom. The molecule has 1 heterocycles. The summed E-state index contributed by atoms with van der Waals surface area (Å²) < 4.78 is 17.3. The Labute approximate surface area is 158 Å². The Morgan fingerprint density at radius 2 is 2.08 bits per heavy atom. The molecule has 0 unspecified atom stereocenters. The van der Waals surface area contributed by atoms with Crippen LogP contribution in [-0.2, 0) is 4.79 Å². The Morgan fingerprint density at radius 3 is 2.81 bits per heavy atom. The lowest BCUT2D eigenvalue weighted by atomic mass is 10.2. The Bertz CT molecular complexity index is 780. The third-order valence-electron chi connectivity index (χ3n) is 4.14. The number of carbonyl (C=O) groups is 1. The van der Waals surface area contributed by atoms with Gasteiger partial charge in [0.1, 0.15) is 18.5 Å². The molecule has 2 aromatic rings. The molecule has 2 aromatic carbocycles. The van der Waals surface area contributed by atoms with Crippen molar-refractivity contribution in [3.63, 3.8) is 0 Å². The monoisotopic (exact) mass is 375 g/mol. The van der Waals surface area contributed by atoms with Gasteiger partial charge in [0, 0.05) is 5.02 Å². The zero-order valence-electron chi connectivity index (χ0n) is 14.8. The highest BCUT2D eigenvalue weighted by Gasteiger charge is 2.24. The number of benzene rings is 2. The van der Waals surface area contributed by atoms with Crippen molar-refractivity contribution in [2.45, 2.75) is 32.5 Å². The van der Waals surface area contributed by atoms with Crippen LogP contribution in [0.2, 0.25) is 5.02 Å². The molecule has 1 N–H and O–H groups in total.